The van der Waals surface area contributed by atoms with Crippen LogP contribution in [0.15, 0.2) is 41.6 Å². The van der Waals surface area contributed by atoms with Crippen molar-refractivity contribution in [3.63, 3.8) is 0 Å². The lowest BCUT2D eigenvalue weighted by Crippen LogP contribution is -2.47. The van der Waals surface area contributed by atoms with Gasteiger partial charge in [-0.2, -0.15) is 0 Å². The molecule has 24 heavy (non-hydrogen) atoms. The minimum atomic E-state index is -3.81. The lowest BCUT2D eigenvalue weighted by atomic mass is 10.2. The highest BCUT2D eigenvalue weighted by molar-refractivity contribution is 7.89. The molecular formula is C15H16Cl2N4O2S. The second-order valence-electron chi connectivity index (χ2n) is 5.46. The van der Waals surface area contributed by atoms with Crippen molar-refractivity contribution in [2.24, 2.45) is 5.14 Å². The molecular weight excluding hydrogens is 371 g/mol. The van der Waals surface area contributed by atoms with Gasteiger partial charge >= 0.3 is 0 Å². The average Bonchev–Trinajstić information content (AvgIpc) is 2.57. The van der Waals surface area contributed by atoms with Crippen LogP contribution in [0.25, 0.3) is 0 Å². The predicted molar refractivity (Wildman–Crippen MR) is 96.5 cm³/mol. The fraction of sp³-hybridized carbons (Fsp3) is 0.267. The standard InChI is InChI=1S/C15H16Cl2N4O2S/c16-12-2-1-11(9-13(12)17)20-5-7-21(8-6-20)14-3-4-19-10-15(14)24(18,22)23/h1-4,9-10H,5-8H2,(H2,18,22,23). The Morgan fingerprint density at radius 2 is 1.67 bits per heavy atom. The van der Waals surface area contributed by atoms with E-state index in [1.807, 2.05) is 17.0 Å². The van der Waals surface area contributed by atoms with E-state index in [-0.39, 0.29) is 4.90 Å². The van der Waals surface area contributed by atoms with Crippen molar-refractivity contribution in [3.8, 4) is 0 Å². The minimum absolute atomic E-state index is 0.0491. The Kier molecular flexibility index (Phi) is 4.87. The Morgan fingerprint density at radius 3 is 2.29 bits per heavy atom. The summed E-state index contributed by atoms with van der Waals surface area (Å²) < 4.78 is 23.5. The van der Waals surface area contributed by atoms with E-state index in [0.717, 1.165) is 18.8 Å². The molecule has 0 bridgehead atoms. The van der Waals surface area contributed by atoms with Crippen LogP contribution in [0, 0.1) is 0 Å². The van der Waals surface area contributed by atoms with Gasteiger partial charge in [-0.1, -0.05) is 23.2 Å². The van der Waals surface area contributed by atoms with Crippen LogP contribution < -0.4 is 14.9 Å². The molecule has 1 aliphatic rings. The van der Waals surface area contributed by atoms with Crippen LogP contribution in [0.2, 0.25) is 10.0 Å². The molecule has 2 heterocycles. The molecule has 128 valence electrons. The molecule has 0 atom stereocenters. The van der Waals surface area contributed by atoms with Gasteiger partial charge in [-0.3, -0.25) is 4.98 Å². The average molecular weight is 387 g/mol. The second kappa shape index (κ2) is 6.76. The monoisotopic (exact) mass is 386 g/mol. The summed E-state index contributed by atoms with van der Waals surface area (Å²) in [5, 5.41) is 6.32. The lowest BCUT2D eigenvalue weighted by molar-refractivity contribution is 0.595. The fourth-order valence-corrected chi connectivity index (χ4v) is 3.73. The zero-order valence-corrected chi connectivity index (χ0v) is 15.0. The molecule has 1 aliphatic heterocycles. The maximum absolute atomic E-state index is 11.7. The van der Waals surface area contributed by atoms with Crippen LogP contribution in [-0.4, -0.2) is 39.6 Å². The van der Waals surface area contributed by atoms with Crippen molar-refractivity contribution in [1.82, 2.24) is 4.98 Å². The first kappa shape index (κ1) is 17.3. The summed E-state index contributed by atoms with van der Waals surface area (Å²) >= 11 is 12.0. The third-order valence-electron chi connectivity index (χ3n) is 3.96. The van der Waals surface area contributed by atoms with Gasteiger partial charge in [-0.25, -0.2) is 13.6 Å². The maximum Gasteiger partial charge on any atom is 0.241 e. The van der Waals surface area contributed by atoms with Crippen LogP contribution in [0.5, 0.6) is 0 Å². The number of rotatable bonds is 3. The molecule has 0 unspecified atom stereocenters. The molecule has 1 fully saturated rings. The summed E-state index contributed by atoms with van der Waals surface area (Å²) in [6.07, 6.45) is 2.85. The number of piperazine rings is 1. The molecule has 0 saturated carbocycles. The van der Waals surface area contributed by atoms with Gasteiger partial charge in [0.05, 0.1) is 15.7 Å². The fourth-order valence-electron chi connectivity index (χ4n) is 2.74. The number of nitrogens with two attached hydrogens (primary N) is 1. The zero-order chi connectivity index (χ0) is 17.3. The molecule has 1 aromatic heterocycles. The summed E-state index contributed by atoms with van der Waals surface area (Å²) in [6.45, 7) is 2.77. The number of nitrogens with zero attached hydrogens (tertiary/aromatic N) is 3. The highest BCUT2D eigenvalue weighted by Gasteiger charge is 2.23. The van der Waals surface area contributed by atoms with E-state index in [1.165, 1.54) is 6.20 Å². The van der Waals surface area contributed by atoms with Crippen LogP contribution in [0.3, 0.4) is 0 Å². The van der Waals surface area contributed by atoms with Gasteiger partial charge in [0.15, 0.2) is 0 Å². The number of pyridine rings is 1. The van der Waals surface area contributed by atoms with E-state index in [2.05, 4.69) is 9.88 Å². The number of hydrogen-bond acceptors (Lipinski definition) is 5. The smallest absolute Gasteiger partial charge is 0.241 e. The molecule has 3 rings (SSSR count). The minimum Gasteiger partial charge on any atom is -0.368 e. The summed E-state index contributed by atoms with van der Waals surface area (Å²) in [6, 6.07) is 7.20. The van der Waals surface area contributed by atoms with E-state index >= 15 is 0 Å². The highest BCUT2D eigenvalue weighted by Crippen LogP contribution is 2.29. The van der Waals surface area contributed by atoms with E-state index < -0.39 is 10.0 Å². The number of halogens is 2. The molecule has 2 aromatic rings. The third-order valence-corrected chi connectivity index (χ3v) is 5.62. The molecule has 9 heteroatoms. The second-order valence-corrected chi connectivity index (χ2v) is 7.81. The van der Waals surface area contributed by atoms with Gasteiger partial charge < -0.3 is 9.80 Å². The normalized spacial score (nSPS) is 15.6. The first-order valence-corrected chi connectivity index (χ1v) is 9.58. The number of aromatic nitrogens is 1. The van der Waals surface area contributed by atoms with Gasteiger partial charge in [-0.15, -0.1) is 0 Å². The molecule has 0 radical (unpaired) electrons. The van der Waals surface area contributed by atoms with Crippen LogP contribution in [0.1, 0.15) is 0 Å². The lowest BCUT2D eigenvalue weighted by Gasteiger charge is -2.37. The molecule has 1 aromatic carbocycles. The number of anilines is 2. The highest BCUT2D eigenvalue weighted by atomic mass is 35.5. The van der Waals surface area contributed by atoms with Gasteiger partial charge in [0.2, 0.25) is 10.0 Å². The summed E-state index contributed by atoms with van der Waals surface area (Å²) in [5.41, 5.74) is 1.58. The van der Waals surface area contributed by atoms with Crippen molar-refractivity contribution < 1.29 is 8.42 Å². The summed E-state index contributed by atoms with van der Waals surface area (Å²) in [5.74, 6) is 0. The number of hydrogen-bond donors (Lipinski definition) is 1. The SMILES string of the molecule is NS(=O)(=O)c1cnccc1N1CCN(c2ccc(Cl)c(Cl)c2)CC1. The Hall–Kier alpha value is -1.54. The van der Waals surface area contributed by atoms with E-state index in [4.69, 9.17) is 28.3 Å². The maximum atomic E-state index is 11.7. The van der Waals surface area contributed by atoms with E-state index in [9.17, 15) is 8.42 Å². The Morgan fingerprint density at radius 1 is 1.00 bits per heavy atom. The summed E-state index contributed by atoms with van der Waals surface area (Å²) in [4.78, 5) is 8.09. The van der Waals surface area contributed by atoms with Crippen LogP contribution >= 0.6 is 23.2 Å². The number of benzene rings is 1. The zero-order valence-electron chi connectivity index (χ0n) is 12.7. The number of primary sulfonamides is 1. The van der Waals surface area contributed by atoms with Crippen LogP contribution in [-0.2, 0) is 10.0 Å². The van der Waals surface area contributed by atoms with Gasteiger partial charge in [0.1, 0.15) is 4.90 Å². The molecule has 1 saturated heterocycles. The Labute approximate surface area is 150 Å². The Balaban J connectivity index is 1.77. The van der Waals surface area contributed by atoms with Crippen molar-refractivity contribution >= 4 is 44.6 Å². The first-order valence-electron chi connectivity index (χ1n) is 7.28. The number of sulfonamides is 1. The third kappa shape index (κ3) is 3.59. The van der Waals surface area contributed by atoms with Crippen molar-refractivity contribution in [1.29, 1.82) is 0 Å². The van der Waals surface area contributed by atoms with E-state index in [0.29, 0.717) is 28.8 Å². The first-order chi connectivity index (χ1) is 11.4. The van der Waals surface area contributed by atoms with Crippen molar-refractivity contribution in [2.45, 2.75) is 4.90 Å². The van der Waals surface area contributed by atoms with Gasteiger partial charge in [-0.05, 0) is 24.3 Å². The van der Waals surface area contributed by atoms with Crippen LogP contribution in [0.4, 0.5) is 11.4 Å². The molecule has 0 aliphatic carbocycles. The molecule has 0 spiro atoms. The largest absolute Gasteiger partial charge is 0.368 e. The van der Waals surface area contributed by atoms with E-state index in [1.54, 1.807) is 18.3 Å². The van der Waals surface area contributed by atoms with Crippen molar-refractivity contribution in [3.05, 3.63) is 46.7 Å². The molecule has 2 N–H and O–H groups in total. The predicted octanol–water partition coefficient (Wildman–Crippen LogP) is 2.36. The van der Waals surface area contributed by atoms with Gasteiger partial charge in [0.25, 0.3) is 0 Å². The topological polar surface area (TPSA) is 79.5 Å². The van der Waals surface area contributed by atoms with Gasteiger partial charge in [0, 0.05) is 44.3 Å². The quantitative estimate of drug-likeness (QED) is 0.875. The molecule has 0 amide bonds. The molecule has 6 nitrogen and oxygen atoms in total. The Bertz CT molecular complexity index is 852. The summed E-state index contributed by atoms with van der Waals surface area (Å²) in [7, 11) is -3.81. The van der Waals surface area contributed by atoms with Crippen molar-refractivity contribution in [2.75, 3.05) is 36.0 Å².